The largest absolute Gasteiger partial charge is 0.349 e. The van der Waals surface area contributed by atoms with Gasteiger partial charge in [-0.05, 0) is 47.2 Å². The molecule has 0 spiro atoms. The molecule has 2 rings (SSSR count). The maximum Gasteiger partial charge on any atom is 0.269 e. The summed E-state index contributed by atoms with van der Waals surface area (Å²) >= 11 is 5.21. The molecule has 5 heteroatoms. The van der Waals surface area contributed by atoms with Crippen LogP contribution in [-0.4, -0.2) is 28.4 Å². The Morgan fingerprint density at radius 1 is 1.42 bits per heavy atom. The number of carbonyl (C=O) groups is 1. The zero-order valence-corrected chi connectivity index (χ0v) is 13.5. The van der Waals surface area contributed by atoms with E-state index in [4.69, 9.17) is 0 Å². The fourth-order valence-electron chi connectivity index (χ4n) is 2.49. The van der Waals surface area contributed by atoms with Gasteiger partial charge in [0.2, 0.25) is 0 Å². The lowest BCUT2D eigenvalue weighted by atomic mass is 9.88. The van der Waals surface area contributed by atoms with Gasteiger partial charge in [0.1, 0.15) is 5.69 Å². The van der Waals surface area contributed by atoms with E-state index in [1.165, 1.54) is 32.1 Å². The second-order valence-electron chi connectivity index (χ2n) is 4.99. The summed E-state index contributed by atoms with van der Waals surface area (Å²) in [7, 11) is 0. The summed E-state index contributed by atoms with van der Waals surface area (Å²) in [5.41, 5.74) is 0.482. The molecule has 1 aromatic heterocycles. The van der Waals surface area contributed by atoms with Crippen LogP contribution < -0.4 is 5.32 Å². The van der Waals surface area contributed by atoms with Gasteiger partial charge in [-0.2, -0.15) is 11.8 Å². The van der Waals surface area contributed by atoms with Gasteiger partial charge in [-0.15, -0.1) is 0 Å². The molecule has 1 aromatic rings. The quantitative estimate of drug-likeness (QED) is 0.908. The van der Waals surface area contributed by atoms with E-state index in [-0.39, 0.29) is 10.7 Å². The number of thioether (sulfide) groups is 1. The van der Waals surface area contributed by atoms with Crippen molar-refractivity contribution in [1.82, 2.24) is 10.3 Å². The minimum Gasteiger partial charge on any atom is -0.349 e. The van der Waals surface area contributed by atoms with E-state index in [0.29, 0.717) is 5.69 Å². The number of aromatic nitrogens is 1. The molecule has 0 aliphatic heterocycles. The van der Waals surface area contributed by atoms with Crippen molar-refractivity contribution in [2.45, 2.75) is 36.9 Å². The molecule has 3 nitrogen and oxygen atoms in total. The van der Waals surface area contributed by atoms with Gasteiger partial charge in [0.25, 0.3) is 5.91 Å². The Morgan fingerprint density at radius 2 is 2.16 bits per heavy atom. The number of carbonyl (C=O) groups excluding carboxylic acids is 1. The molecule has 1 saturated carbocycles. The van der Waals surface area contributed by atoms with E-state index < -0.39 is 0 Å². The molecule has 0 atom stereocenters. The third kappa shape index (κ3) is 3.96. The van der Waals surface area contributed by atoms with Gasteiger partial charge in [0.05, 0.1) is 0 Å². The van der Waals surface area contributed by atoms with Gasteiger partial charge in [-0.1, -0.05) is 19.3 Å². The van der Waals surface area contributed by atoms with Crippen LogP contribution in [0.5, 0.6) is 0 Å². The molecule has 19 heavy (non-hydrogen) atoms. The zero-order valence-electron chi connectivity index (χ0n) is 11.1. The number of amides is 1. The summed E-state index contributed by atoms with van der Waals surface area (Å²) in [6.45, 7) is 0.741. The van der Waals surface area contributed by atoms with Crippen LogP contribution in [0, 0.1) is 0 Å². The molecule has 0 radical (unpaired) electrons. The summed E-state index contributed by atoms with van der Waals surface area (Å²) in [5.74, 6) is -0.0773. The minimum absolute atomic E-state index is 0.0773. The van der Waals surface area contributed by atoms with Crippen LogP contribution >= 0.6 is 27.7 Å². The lowest BCUT2D eigenvalue weighted by Crippen LogP contribution is -2.41. The Balaban J connectivity index is 1.93. The van der Waals surface area contributed by atoms with E-state index in [2.05, 4.69) is 32.5 Å². The number of pyridine rings is 1. The van der Waals surface area contributed by atoms with Crippen LogP contribution in [0.1, 0.15) is 42.6 Å². The Hall–Kier alpha value is -0.550. The fourth-order valence-corrected chi connectivity index (χ4v) is 3.64. The Morgan fingerprint density at radius 3 is 2.74 bits per heavy atom. The van der Waals surface area contributed by atoms with E-state index in [9.17, 15) is 4.79 Å². The van der Waals surface area contributed by atoms with Crippen LogP contribution in [0.2, 0.25) is 0 Å². The highest BCUT2D eigenvalue weighted by Gasteiger charge is 2.31. The molecule has 0 unspecified atom stereocenters. The predicted octanol–water partition coefficient (Wildman–Crippen LogP) is 3.64. The van der Waals surface area contributed by atoms with E-state index in [1.807, 2.05) is 17.8 Å². The Labute approximate surface area is 127 Å². The van der Waals surface area contributed by atoms with Gasteiger partial charge in [-0.3, -0.25) is 4.79 Å². The topological polar surface area (TPSA) is 42.0 Å². The second kappa shape index (κ2) is 6.75. The molecule has 0 bridgehead atoms. The van der Waals surface area contributed by atoms with E-state index in [1.54, 1.807) is 12.3 Å². The van der Waals surface area contributed by atoms with Crippen molar-refractivity contribution in [2.75, 3.05) is 12.8 Å². The highest BCUT2D eigenvalue weighted by atomic mass is 79.9. The number of halogens is 1. The molecular weight excluding hydrogens is 324 g/mol. The van der Waals surface area contributed by atoms with Gasteiger partial charge >= 0.3 is 0 Å². The van der Waals surface area contributed by atoms with Crippen molar-refractivity contribution in [3.63, 3.8) is 0 Å². The molecule has 1 amide bonds. The molecular formula is C14H19BrN2OS. The summed E-state index contributed by atoms with van der Waals surface area (Å²) in [4.78, 5) is 16.2. The monoisotopic (exact) mass is 342 g/mol. The van der Waals surface area contributed by atoms with Crippen LogP contribution in [0.4, 0.5) is 0 Å². The molecule has 0 aromatic carbocycles. The number of hydrogen-bond acceptors (Lipinski definition) is 3. The van der Waals surface area contributed by atoms with Gasteiger partial charge < -0.3 is 5.32 Å². The van der Waals surface area contributed by atoms with Crippen molar-refractivity contribution in [3.05, 3.63) is 28.5 Å². The number of hydrogen-bond donors (Lipinski definition) is 1. The Bertz CT molecular complexity index is 430. The van der Waals surface area contributed by atoms with Crippen molar-refractivity contribution >= 4 is 33.6 Å². The van der Waals surface area contributed by atoms with Crippen LogP contribution in [0.15, 0.2) is 22.8 Å². The van der Waals surface area contributed by atoms with Crippen LogP contribution in [0.3, 0.4) is 0 Å². The SMILES string of the molecule is CSC1(CNC(=O)c2ccc(Br)cn2)CCCCC1. The van der Waals surface area contributed by atoms with Crippen LogP contribution in [-0.2, 0) is 0 Å². The first-order valence-corrected chi connectivity index (χ1v) is 8.62. The average molecular weight is 343 g/mol. The van der Waals surface area contributed by atoms with Crippen molar-refractivity contribution in [1.29, 1.82) is 0 Å². The van der Waals surface area contributed by atoms with E-state index in [0.717, 1.165) is 11.0 Å². The molecule has 1 N–H and O–H groups in total. The molecule has 1 aliphatic carbocycles. The maximum atomic E-state index is 12.1. The summed E-state index contributed by atoms with van der Waals surface area (Å²) in [6, 6.07) is 3.58. The smallest absolute Gasteiger partial charge is 0.269 e. The molecule has 0 saturated heterocycles. The first-order valence-electron chi connectivity index (χ1n) is 6.60. The third-order valence-electron chi connectivity index (χ3n) is 3.73. The average Bonchev–Trinajstić information content (AvgIpc) is 2.46. The summed E-state index contributed by atoms with van der Waals surface area (Å²) < 4.78 is 1.11. The fraction of sp³-hybridized carbons (Fsp3) is 0.571. The summed E-state index contributed by atoms with van der Waals surface area (Å²) in [6.07, 6.45) is 10.1. The molecule has 1 heterocycles. The van der Waals surface area contributed by atoms with E-state index >= 15 is 0 Å². The first-order chi connectivity index (χ1) is 9.15. The highest BCUT2D eigenvalue weighted by Crippen LogP contribution is 2.37. The summed E-state index contributed by atoms with van der Waals surface area (Å²) in [5, 5.41) is 3.04. The normalized spacial score (nSPS) is 18.0. The first kappa shape index (κ1) is 14.9. The van der Waals surface area contributed by atoms with Crippen molar-refractivity contribution < 1.29 is 4.79 Å². The van der Waals surface area contributed by atoms with Gasteiger partial charge in [0.15, 0.2) is 0 Å². The van der Waals surface area contributed by atoms with Crippen molar-refractivity contribution in [2.24, 2.45) is 0 Å². The predicted molar refractivity (Wildman–Crippen MR) is 83.6 cm³/mol. The minimum atomic E-state index is -0.0773. The number of nitrogens with one attached hydrogen (secondary N) is 1. The maximum absolute atomic E-state index is 12.1. The Kier molecular flexibility index (Phi) is 5.28. The third-order valence-corrected chi connectivity index (χ3v) is 5.62. The van der Waals surface area contributed by atoms with Gasteiger partial charge in [-0.25, -0.2) is 4.98 Å². The lowest BCUT2D eigenvalue weighted by Gasteiger charge is -2.35. The molecule has 1 aliphatic rings. The number of nitrogens with zero attached hydrogens (tertiary/aromatic N) is 1. The standard InChI is InChI=1S/C14H19BrN2OS/c1-19-14(7-3-2-4-8-14)10-17-13(18)12-6-5-11(15)9-16-12/h5-6,9H,2-4,7-8,10H2,1H3,(H,17,18). The lowest BCUT2D eigenvalue weighted by molar-refractivity contribution is 0.0942. The highest BCUT2D eigenvalue weighted by molar-refractivity contribution is 9.10. The second-order valence-corrected chi connectivity index (χ2v) is 7.18. The zero-order chi connectivity index (χ0) is 13.7. The number of rotatable bonds is 4. The van der Waals surface area contributed by atoms with Gasteiger partial charge in [0, 0.05) is 22.0 Å². The van der Waals surface area contributed by atoms with Crippen LogP contribution in [0.25, 0.3) is 0 Å². The molecule has 104 valence electrons. The molecule has 1 fully saturated rings. The van der Waals surface area contributed by atoms with Crippen molar-refractivity contribution in [3.8, 4) is 0 Å².